The molecule has 0 unspecified atom stereocenters. The molecule has 1 fully saturated rings. The summed E-state index contributed by atoms with van der Waals surface area (Å²) >= 11 is 0. The smallest absolute Gasteiger partial charge is 0.263 e. The van der Waals surface area contributed by atoms with Gasteiger partial charge in [-0.2, -0.15) is 5.11 Å². The van der Waals surface area contributed by atoms with Crippen LogP contribution in [0, 0.1) is 0 Å². The number of benzene rings is 2. The lowest BCUT2D eigenvalue weighted by molar-refractivity contribution is -0.123. The van der Waals surface area contributed by atoms with Crippen LogP contribution in [0.1, 0.15) is 5.56 Å². The van der Waals surface area contributed by atoms with Crippen LogP contribution in [-0.4, -0.2) is 43.1 Å². The second-order valence-corrected chi connectivity index (χ2v) is 6.23. The molecule has 8 heteroatoms. The SMILES string of the molecule is COc1ccc(N2C(=O)[C@@H]3N=NN(Cc4ccccc4)[C@H]3C2=O)cc1OC. The van der Waals surface area contributed by atoms with Crippen LogP contribution in [-0.2, 0) is 16.1 Å². The van der Waals surface area contributed by atoms with E-state index in [-0.39, 0.29) is 5.91 Å². The van der Waals surface area contributed by atoms with Crippen molar-refractivity contribution in [1.82, 2.24) is 5.01 Å². The van der Waals surface area contributed by atoms with E-state index in [1.807, 2.05) is 30.3 Å². The molecular formula is C19H18N4O4. The Hall–Kier alpha value is -3.42. The van der Waals surface area contributed by atoms with Gasteiger partial charge in [0.05, 0.1) is 26.5 Å². The second kappa shape index (κ2) is 6.71. The first-order valence-electron chi connectivity index (χ1n) is 8.45. The second-order valence-electron chi connectivity index (χ2n) is 6.23. The van der Waals surface area contributed by atoms with E-state index < -0.39 is 18.0 Å². The van der Waals surface area contributed by atoms with Crippen molar-refractivity contribution in [3.8, 4) is 11.5 Å². The van der Waals surface area contributed by atoms with Crippen LogP contribution < -0.4 is 14.4 Å². The number of hydrogen-bond donors (Lipinski definition) is 0. The maximum absolute atomic E-state index is 13.0. The molecule has 0 radical (unpaired) electrons. The van der Waals surface area contributed by atoms with Gasteiger partial charge in [-0.3, -0.25) is 14.6 Å². The van der Waals surface area contributed by atoms with Crippen molar-refractivity contribution >= 4 is 17.5 Å². The van der Waals surface area contributed by atoms with Crippen molar-refractivity contribution in [1.29, 1.82) is 0 Å². The van der Waals surface area contributed by atoms with Crippen LogP contribution in [0.4, 0.5) is 5.69 Å². The van der Waals surface area contributed by atoms with Gasteiger partial charge in [-0.25, -0.2) is 4.90 Å². The predicted octanol–water partition coefficient (Wildman–Crippen LogP) is 2.20. The molecule has 2 heterocycles. The Morgan fingerprint density at radius 3 is 2.41 bits per heavy atom. The number of imide groups is 1. The van der Waals surface area contributed by atoms with Crippen LogP contribution in [0.15, 0.2) is 58.9 Å². The number of anilines is 1. The maximum atomic E-state index is 13.0. The highest BCUT2D eigenvalue weighted by molar-refractivity contribution is 6.25. The molecule has 4 rings (SSSR count). The van der Waals surface area contributed by atoms with Gasteiger partial charge in [0.2, 0.25) is 0 Å². The fraction of sp³-hybridized carbons (Fsp3) is 0.263. The minimum absolute atomic E-state index is 0.349. The van der Waals surface area contributed by atoms with Crippen molar-refractivity contribution in [2.45, 2.75) is 18.6 Å². The lowest BCUT2D eigenvalue weighted by atomic mass is 10.1. The minimum atomic E-state index is -0.825. The van der Waals surface area contributed by atoms with E-state index in [1.165, 1.54) is 14.2 Å². The third-order valence-electron chi connectivity index (χ3n) is 4.67. The Bertz CT molecular complexity index is 915. The van der Waals surface area contributed by atoms with E-state index >= 15 is 0 Å². The van der Waals surface area contributed by atoms with Crippen molar-refractivity contribution in [3.63, 3.8) is 0 Å². The number of ether oxygens (including phenoxy) is 2. The molecule has 0 bridgehead atoms. The molecule has 27 heavy (non-hydrogen) atoms. The first kappa shape index (κ1) is 17.0. The Morgan fingerprint density at radius 1 is 0.963 bits per heavy atom. The highest BCUT2D eigenvalue weighted by atomic mass is 16.5. The van der Waals surface area contributed by atoms with Gasteiger partial charge in [0.25, 0.3) is 11.8 Å². The molecule has 0 aromatic heterocycles. The fourth-order valence-corrected chi connectivity index (χ4v) is 3.34. The van der Waals surface area contributed by atoms with E-state index in [0.29, 0.717) is 23.7 Å². The molecule has 0 saturated carbocycles. The van der Waals surface area contributed by atoms with Gasteiger partial charge in [-0.05, 0) is 17.7 Å². The normalized spacial score (nSPS) is 21.0. The number of fused-ring (bicyclic) bond motifs is 1. The Balaban J connectivity index is 1.62. The molecule has 0 N–H and O–H groups in total. The maximum Gasteiger partial charge on any atom is 0.263 e. The molecule has 2 amide bonds. The van der Waals surface area contributed by atoms with Gasteiger partial charge >= 0.3 is 0 Å². The van der Waals surface area contributed by atoms with Gasteiger partial charge in [-0.1, -0.05) is 35.6 Å². The molecule has 138 valence electrons. The minimum Gasteiger partial charge on any atom is -0.493 e. The summed E-state index contributed by atoms with van der Waals surface area (Å²) in [5, 5.41) is 9.66. The summed E-state index contributed by atoms with van der Waals surface area (Å²) in [5.74, 6) is 0.219. The Morgan fingerprint density at radius 2 is 1.70 bits per heavy atom. The van der Waals surface area contributed by atoms with Crippen LogP contribution in [0.5, 0.6) is 11.5 Å². The molecule has 0 aliphatic carbocycles. The molecule has 0 spiro atoms. The topological polar surface area (TPSA) is 83.8 Å². The number of nitrogens with zero attached hydrogens (tertiary/aromatic N) is 4. The van der Waals surface area contributed by atoms with Crippen LogP contribution in [0.2, 0.25) is 0 Å². The van der Waals surface area contributed by atoms with E-state index in [0.717, 1.165) is 10.5 Å². The lowest BCUT2D eigenvalue weighted by Crippen LogP contribution is -2.39. The highest BCUT2D eigenvalue weighted by Crippen LogP contribution is 2.36. The molecule has 2 aromatic carbocycles. The molecule has 2 aliphatic rings. The quantitative estimate of drug-likeness (QED) is 0.758. The standard InChI is InChI=1S/C19H18N4O4/c1-26-14-9-8-13(10-15(14)27-2)23-18(24)16-17(19(23)25)22(21-20-16)11-12-6-4-3-5-7-12/h3-10,16-17H,11H2,1-2H3/t16-,17-/m1/s1. The van der Waals surface area contributed by atoms with Crippen molar-refractivity contribution in [3.05, 3.63) is 54.1 Å². The molecule has 8 nitrogen and oxygen atoms in total. The number of carbonyl (C=O) groups excluding carboxylic acids is 2. The van der Waals surface area contributed by atoms with E-state index in [2.05, 4.69) is 10.3 Å². The summed E-state index contributed by atoms with van der Waals surface area (Å²) in [6, 6.07) is 13.0. The Labute approximate surface area is 156 Å². The number of methoxy groups -OCH3 is 2. The summed E-state index contributed by atoms with van der Waals surface area (Å²) in [5.41, 5.74) is 1.41. The van der Waals surface area contributed by atoms with Gasteiger partial charge in [0.15, 0.2) is 23.6 Å². The van der Waals surface area contributed by atoms with E-state index in [9.17, 15) is 9.59 Å². The fourth-order valence-electron chi connectivity index (χ4n) is 3.34. The van der Waals surface area contributed by atoms with Crippen molar-refractivity contribution in [2.75, 3.05) is 19.1 Å². The zero-order valence-electron chi connectivity index (χ0n) is 14.9. The average Bonchev–Trinajstić information content (AvgIpc) is 3.22. The monoisotopic (exact) mass is 366 g/mol. The first-order chi connectivity index (χ1) is 13.1. The lowest BCUT2D eigenvalue weighted by Gasteiger charge is -2.21. The third kappa shape index (κ3) is 2.79. The van der Waals surface area contributed by atoms with E-state index in [1.54, 1.807) is 23.2 Å². The summed E-state index contributed by atoms with van der Waals surface area (Å²) in [4.78, 5) is 27.0. The van der Waals surface area contributed by atoms with Crippen LogP contribution in [0.3, 0.4) is 0 Å². The van der Waals surface area contributed by atoms with Gasteiger partial charge in [0.1, 0.15) is 0 Å². The van der Waals surface area contributed by atoms with Crippen LogP contribution in [0.25, 0.3) is 0 Å². The molecule has 1 saturated heterocycles. The predicted molar refractivity (Wildman–Crippen MR) is 96.5 cm³/mol. The number of hydrogen-bond acceptors (Lipinski definition) is 7. The zero-order valence-corrected chi connectivity index (χ0v) is 14.9. The van der Waals surface area contributed by atoms with Crippen LogP contribution >= 0.6 is 0 Å². The van der Waals surface area contributed by atoms with Crippen molar-refractivity contribution < 1.29 is 19.1 Å². The summed E-state index contributed by atoms with van der Waals surface area (Å²) in [6.07, 6.45) is 0. The first-order valence-corrected chi connectivity index (χ1v) is 8.45. The van der Waals surface area contributed by atoms with E-state index in [4.69, 9.17) is 9.47 Å². The zero-order chi connectivity index (χ0) is 19.0. The van der Waals surface area contributed by atoms with Crippen molar-refractivity contribution in [2.24, 2.45) is 10.3 Å². The Kier molecular flexibility index (Phi) is 4.23. The van der Waals surface area contributed by atoms with Gasteiger partial charge in [-0.15, -0.1) is 0 Å². The molecule has 2 aliphatic heterocycles. The van der Waals surface area contributed by atoms with Gasteiger partial charge in [0, 0.05) is 6.07 Å². The number of rotatable bonds is 5. The number of carbonyl (C=O) groups is 2. The van der Waals surface area contributed by atoms with Gasteiger partial charge < -0.3 is 9.47 Å². The molecule has 2 atom stereocenters. The summed E-state index contributed by atoms with van der Waals surface area (Å²) in [7, 11) is 3.02. The molecular weight excluding hydrogens is 348 g/mol. The molecule has 2 aromatic rings. The third-order valence-corrected chi connectivity index (χ3v) is 4.67. The highest BCUT2D eigenvalue weighted by Gasteiger charge is 2.54. The number of amides is 2. The summed E-state index contributed by atoms with van der Waals surface area (Å²) < 4.78 is 10.5. The average molecular weight is 366 g/mol. The summed E-state index contributed by atoms with van der Waals surface area (Å²) in [6.45, 7) is 0.407. The largest absolute Gasteiger partial charge is 0.493 e.